The van der Waals surface area contributed by atoms with E-state index in [2.05, 4.69) is 30.2 Å². The summed E-state index contributed by atoms with van der Waals surface area (Å²) < 4.78 is 15.7. The van der Waals surface area contributed by atoms with Crippen molar-refractivity contribution in [1.82, 2.24) is 29.9 Å². The molecule has 1 fully saturated rings. The van der Waals surface area contributed by atoms with Crippen LogP contribution in [0, 0.1) is 5.82 Å². The first-order valence-electron chi connectivity index (χ1n) is 9.10. The molecular weight excluding hydrogens is 496 g/mol. The second-order valence-electron chi connectivity index (χ2n) is 6.43. The van der Waals surface area contributed by atoms with Crippen molar-refractivity contribution in [1.29, 1.82) is 0 Å². The highest BCUT2D eigenvalue weighted by molar-refractivity contribution is 14.0. The lowest BCUT2D eigenvalue weighted by Gasteiger charge is -2.36. The summed E-state index contributed by atoms with van der Waals surface area (Å²) >= 11 is 6.15. The molecule has 1 aromatic carbocycles. The summed E-state index contributed by atoms with van der Waals surface area (Å²) in [7, 11) is 1.86. The third kappa shape index (κ3) is 5.77. The number of aromatic nitrogens is 3. The highest BCUT2D eigenvalue weighted by Crippen LogP contribution is 2.21. The fraction of sp³-hybridized carbons (Fsp3) is 0.500. The number of hydrogen-bond acceptors (Lipinski definition) is 4. The van der Waals surface area contributed by atoms with Crippen LogP contribution in [-0.2, 0) is 20.1 Å². The normalized spacial score (nSPS) is 15.4. The number of aliphatic imine (C=N–C) groups is 1. The molecule has 1 saturated heterocycles. The molecule has 10 heteroatoms. The van der Waals surface area contributed by atoms with Crippen LogP contribution in [0.1, 0.15) is 18.3 Å². The van der Waals surface area contributed by atoms with Crippen molar-refractivity contribution in [3.63, 3.8) is 0 Å². The standard InChI is InChI=1S/C18H25ClFN7.HI/c1-3-21-18(22-11-17-23-13-24-25(17)2)27-9-7-26(8-10-27)12-14-15(19)5-4-6-16(14)20;/h4-6,13H,3,7-12H2,1-2H3,(H,21,22);1H. The molecule has 0 radical (unpaired) electrons. The average molecular weight is 522 g/mol. The van der Waals surface area contributed by atoms with Gasteiger partial charge in [-0.3, -0.25) is 9.58 Å². The first-order chi connectivity index (χ1) is 13.1. The van der Waals surface area contributed by atoms with Gasteiger partial charge in [-0.15, -0.1) is 24.0 Å². The smallest absolute Gasteiger partial charge is 0.194 e. The van der Waals surface area contributed by atoms with Gasteiger partial charge >= 0.3 is 0 Å². The minimum absolute atomic E-state index is 0. The fourth-order valence-electron chi connectivity index (χ4n) is 3.06. The van der Waals surface area contributed by atoms with Crippen LogP contribution >= 0.6 is 35.6 Å². The molecule has 0 unspecified atom stereocenters. The zero-order valence-corrected chi connectivity index (χ0v) is 19.2. The Hall–Kier alpha value is -1.46. The largest absolute Gasteiger partial charge is 0.357 e. The number of guanidine groups is 1. The number of halogens is 3. The van der Waals surface area contributed by atoms with Gasteiger partial charge in [0.15, 0.2) is 5.96 Å². The molecule has 0 bridgehead atoms. The number of nitrogens with zero attached hydrogens (tertiary/aromatic N) is 6. The highest BCUT2D eigenvalue weighted by Gasteiger charge is 2.21. The third-order valence-corrected chi connectivity index (χ3v) is 4.98. The zero-order chi connectivity index (χ0) is 19.2. The lowest BCUT2D eigenvalue weighted by molar-refractivity contribution is 0.171. The van der Waals surface area contributed by atoms with Crippen molar-refractivity contribution in [2.75, 3.05) is 32.7 Å². The maximum Gasteiger partial charge on any atom is 0.194 e. The van der Waals surface area contributed by atoms with Crippen molar-refractivity contribution in [2.45, 2.75) is 20.0 Å². The van der Waals surface area contributed by atoms with E-state index in [1.54, 1.807) is 16.8 Å². The zero-order valence-electron chi connectivity index (χ0n) is 16.1. The molecule has 0 aliphatic carbocycles. The van der Waals surface area contributed by atoms with Crippen molar-refractivity contribution < 1.29 is 4.39 Å². The van der Waals surface area contributed by atoms with Crippen LogP contribution in [0.5, 0.6) is 0 Å². The minimum Gasteiger partial charge on any atom is -0.357 e. The van der Waals surface area contributed by atoms with Crippen LogP contribution in [0.4, 0.5) is 4.39 Å². The van der Waals surface area contributed by atoms with Crippen LogP contribution < -0.4 is 5.32 Å². The van der Waals surface area contributed by atoms with Gasteiger partial charge in [0.1, 0.15) is 24.5 Å². The quantitative estimate of drug-likeness (QED) is 0.372. The topological polar surface area (TPSA) is 61.6 Å². The maximum absolute atomic E-state index is 14.0. The van der Waals surface area contributed by atoms with Gasteiger partial charge < -0.3 is 10.2 Å². The first-order valence-corrected chi connectivity index (χ1v) is 9.47. The van der Waals surface area contributed by atoms with Crippen LogP contribution in [0.3, 0.4) is 0 Å². The molecule has 154 valence electrons. The predicted octanol–water partition coefficient (Wildman–Crippen LogP) is 2.51. The van der Waals surface area contributed by atoms with Crippen LogP contribution in [-0.4, -0.2) is 63.2 Å². The van der Waals surface area contributed by atoms with Gasteiger partial charge in [0.2, 0.25) is 0 Å². The molecule has 1 aliphatic rings. The molecule has 28 heavy (non-hydrogen) atoms. The molecule has 1 aliphatic heterocycles. The highest BCUT2D eigenvalue weighted by atomic mass is 127. The Morgan fingerprint density at radius 1 is 1.29 bits per heavy atom. The first kappa shape index (κ1) is 22.8. The van der Waals surface area contributed by atoms with E-state index < -0.39 is 0 Å². The number of nitrogens with one attached hydrogen (secondary N) is 1. The van der Waals surface area contributed by atoms with Gasteiger partial charge in [0, 0.05) is 56.9 Å². The van der Waals surface area contributed by atoms with Gasteiger partial charge in [0.25, 0.3) is 0 Å². The van der Waals surface area contributed by atoms with E-state index in [1.807, 2.05) is 14.0 Å². The summed E-state index contributed by atoms with van der Waals surface area (Å²) in [6.07, 6.45) is 1.53. The van der Waals surface area contributed by atoms with Crippen molar-refractivity contribution in [3.8, 4) is 0 Å². The van der Waals surface area contributed by atoms with E-state index in [1.165, 1.54) is 12.4 Å². The molecular formula is C18H26ClFIN7. The number of hydrogen-bond donors (Lipinski definition) is 1. The summed E-state index contributed by atoms with van der Waals surface area (Å²) in [5, 5.41) is 7.89. The molecule has 0 spiro atoms. The Morgan fingerprint density at radius 3 is 2.64 bits per heavy atom. The Balaban J connectivity index is 0.00000280. The summed E-state index contributed by atoms with van der Waals surface area (Å²) in [6, 6.07) is 4.83. The van der Waals surface area contributed by atoms with E-state index in [-0.39, 0.29) is 29.8 Å². The maximum atomic E-state index is 14.0. The van der Waals surface area contributed by atoms with E-state index in [4.69, 9.17) is 11.6 Å². The Morgan fingerprint density at radius 2 is 2.04 bits per heavy atom. The van der Waals surface area contributed by atoms with E-state index in [0.29, 0.717) is 23.7 Å². The second-order valence-corrected chi connectivity index (χ2v) is 6.84. The van der Waals surface area contributed by atoms with Gasteiger partial charge in [-0.1, -0.05) is 17.7 Å². The van der Waals surface area contributed by atoms with Crippen LogP contribution in [0.2, 0.25) is 5.02 Å². The Bertz CT molecular complexity index is 770. The summed E-state index contributed by atoms with van der Waals surface area (Å²) in [6.45, 7) is 7.11. The monoisotopic (exact) mass is 521 g/mol. The lowest BCUT2D eigenvalue weighted by Crippen LogP contribution is -2.52. The molecule has 3 rings (SSSR count). The van der Waals surface area contributed by atoms with E-state index in [0.717, 1.165) is 44.5 Å². The molecule has 0 atom stereocenters. The third-order valence-electron chi connectivity index (χ3n) is 4.63. The molecule has 1 aromatic heterocycles. The van der Waals surface area contributed by atoms with Crippen LogP contribution in [0.15, 0.2) is 29.5 Å². The Labute approximate surface area is 187 Å². The lowest BCUT2D eigenvalue weighted by atomic mass is 10.2. The van der Waals surface area contributed by atoms with Crippen molar-refractivity contribution in [3.05, 3.63) is 46.8 Å². The van der Waals surface area contributed by atoms with E-state index >= 15 is 0 Å². The summed E-state index contributed by atoms with van der Waals surface area (Å²) in [5.74, 6) is 1.44. The molecule has 7 nitrogen and oxygen atoms in total. The fourth-order valence-corrected chi connectivity index (χ4v) is 3.28. The summed E-state index contributed by atoms with van der Waals surface area (Å²) in [4.78, 5) is 13.3. The average Bonchev–Trinajstić information content (AvgIpc) is 3.07. The number of benzene rings is 1. The van der Waals surface area contributed by atoms with E-state index in [9.17, 15) is 4.39 Å². The minimum atomic E-state index is -0.247. The predicted molar refractivity (Wildman–Crippen MR) is 119 cm³/mol. The van der Waals surface area contributed by atoms with Gasteiger partial charge in [-0.2, -0.15) is 5.10 Å². The SMILES string of the molecule is CCNC(=NCc1ncnn1C)N1CCN(Cc2c(F)cccc2Cl)CC1.I. The number of aryl methyl sites for hydroxylation is 1. The van der Waals surface area contributed by atoms with Crippen molar-refractivity contribution in [2.24, 2.45) is 12.0 Å². The summed E-state index contributed by atoms with van der Waals surface area (Å²) in [5.41, 5.74) is 0.565. The molecule has 2 aromatic rings. The second kappa shape index (κ2) is 10.9. The number of piperazine rings is 1. The molecule has 0 saturated carbocycles. The molecule has 1 N–H and O–H groups in total. The van der Waals surface area contributed by atoms with Gasteiger partial charge in [-0.25, -0.2) is 14.4 Å². The molecule has 2 heterocycles. The molecule has 0 amide bonds. The number of rotatable bonds is 5. The van der Waals surface area contributed by atoms with Crippen molar-refractivity contribution >= 4 is 41.5 Å². The van der Waals surface area contributed by atoms with Gasteiger partial charge in [0.05, 0.1) is 0 Å². The van der Waals surface area contributed by atoms with Crippen LogP contribution in [0.25, 0.3) is 0 Å². The Kier molecular flexibility index (Phi) is 8.90. The van der Waals surface area contributed by atoms with Gasteiger partial charge in [-0.05, 0) is 19.1 Å².